The van der Waals surface area contributed by atoms with Crippen molar-refractivity contribution < 1.29 is 94.4 Å². The minimum absolute atomic E-state index is 0.0124. The van der Waals surface area contributed by atoms with Gasteiger partial charge in [0.2, 0.25) is 0 Å². The molecule has 1 unspecified atom stereocenters. The van der Waals surface area contributed by atoms with Crippen LogP contribution in [0.15, 0.2) is 11.6 Å². The van der Waals surface area contributed by atoms with Crippen molar-refractivity contribution >= 4 is 0 Å². The van der Waals surface area contributed by atoms with Crippen molar-refractivity contribution in [2.75, 3.05) is 19.8 Å². The number of hydrogen-bond donors (Lipinski definition) is 12. The average Bonchev–Trinajstić information content (AvgIpc) is 3.77. The molecular formula is C48H78O19. The van der Waals surface area contributed by atoms with E-state index in [0.29, 0.717) is 12.3 Å². The van der Waals surface area contributed by atoms with E-state index in [4.69, 9.17) is 33.2 Å². The summed E-state index contributed by atoms with van der Waals surface area (Å²) in [7, 11) is 0. The van der Waals surface area contributed by atoms with Gasteiger partial charge in [-0.3, -0.25) is 0 Å². The molecular weight excluding hydrogens is 881 g/mol. The summed E-state index contributed by atoms with van der Waals surface area (Å²) < 4.78 is 42.5. The van der Waals surface area contributed by atoms with Gasteiger partial charge in [-0.25, -0.2) is 0 Å². The molecule has 4 saturated heterocycles. The van der Waals surface area contributed by atoms with Crippen LogP contribution in [0.3, 0.4) is 0 Å². The number of allylic oxidation sites excluding steroid dienone is 1. The molecule has 0 radical (unpaired) electrons. The van der Waals surface area contributed by atoms with Crippen molar-refractivity contribution in [2.24, 2.45) is 50.7 Å². The largest absolute Gasteiger partial charge is 0.396 e. The van der Waals surface area contributed by atoms with E-state index < -0.39 is 141 Å². The fourth-order valence-electron chi connectivity index (χ4n) is 16.0. The van der Waals surface area contributed by atoms with Gasteiger partial charge in [-0.2, -0.15) is 0 Å². The summed E-state index contributed by atoms with van der Waals surface area (Å²) in [6, 6.07) is 0. The Morgan fingerprint density at radius 1 is 0.567 bits per heavy atom. The Balaban J connectivity index is 0.911. The van der Waals surface area contributed by atoms with E-state index >= 15 is 0 Å². The van der Waals surface area contributed by atoms with Crippen molar-refractivity contribution in [3.8, 4) is 0 Å². The predicted molar refractivity (Wildman–Crippen MR) is 231 cm³/mol. The molecule has 0 amide bonds. The third kappa shape index (κ3) is 7.70. The molecule has 5 saturated carbocycles. The molecule has 0 aromatic carbocycles. The first kappa shape index (κ1) is 50.9. The lowest BCUT2D eigenvalue weighted by Gasteiger charge is -2.64. The van der Waals surface area contributed by atoms with E-state index in [2.05, 4.69) is 13.8 Å². The van der Waals surface area contributed by atoms with Gasteiger partial charge in [0.05, 0.1) is 38.1 Å². The molecule has 9 aliphatic rings. The quantitative estimate of drug-likeness (QED) is 0.0866. The molecule has 12 N–H and O–H groups in total. The first-order valence-corrected chi connectivity index (χ1v) is 24.8. The zero-order chi connectivity index (χ0) is 48.5. The average molecular weight is 959 g/mol. The third-order valence-corrected chi connectivity index (χ3v) is 19.9. The van der Waals surface area contributed by atoms with Gasteiger partial charge in [-0.1, -0.05) is 32.4 Å². The van der Waals surface area contributed by atoms with Crippen LogP contribution in [0.5, 0.6) is 0 Å². The van der Waals surface area contributed by atoms with E-state index in [1.54, 1.807) is 0 Å². The molecule has 19 nitrogen and oxygen atoms in total. The topological polar surface area (TPSA) is 307 Å². The van der Waals surface area contributed by atoms with Crippen molar-refractivity contribution in [3.63, 3.8) is 0 Å². The first-order valence-electron chi connectivity index (χ1n) is 24.8. The molecule has 9 rings (SSSR count). The Hall–Kier alpha value is -1.02. The molecule has 67 heavy (non-hydrogen) atoms. The second-order valence-electron chi connectivity index (χ2n) is 23.1. The van der Waals surface area contributed by atoms with E-state index in [1.807, 2.05) is 26.8 Å². The molecule has 4 aliphatic heterocycles. The predicted octanol–water partition coefficient (Wildman–Crippen LogP) is -1.08. The van der Waals surface area contributed by atoms with Crippen LogP contribution in [0.2, 0.25) is 0 Å². The summed E-state index contributed by atoms with van der Waals surface area (Å²) in [5.74, 6) is -0.161. The number of fused-ring (bicyclic) bond motifs is 2. The molecule has 0 aromatic rings. The standard InChI is InChI=1S/C48H78O19/c1-20(2)15-23-31(52)29(40(63-23)67-43-39(60)35(56)32(53)24(16-49)64-43)22-9-11-46(6)27-8-7-26-44(4,19-50)28(10-12-47(26)18-48(27,47)14-13-45(22,46)5)66-42-38(59)36(57)33(54)25(65-42)17-61-41-37(58)34(55)30(51)21(3)62-41/h15,21-43,49-60H,7-14,16-19H2,1-6H3/t21-,22+,23+,24+,25+,26?,27-,28-,29-,30-,31+,32+,33+,34+,35-,36-,37+,38+,39+,40-,41+,42-,43-,44+,45+,46-,47+,48-/m0/s1. The summed E-state index contributed by atoms with van der Waals surface area (Å²) in [6.07, 6.45) is -15.3. The number of rotatable bonds is 11. The van der Waals surface area contributed by atoms with Gasteiger partial charge >= 0.3 is 0 Å². The van der Waals surface area contributed by atoms with Gasteiger partial charge in [0.25, 0.3) is 0 Å². The summed E-state index contributed by atoms with van der Waals surface area (Å²) in [5, 5.41) is 129. The van der Waals surface area contributed by atoms with E-state index in [0.717, 1.165) is 56.9 Å². The van der Waals surface area contributed by atoms with Crippen molar-refractivity contribution in [1.82, 2.24) is 0 Å². The normalized spacial score (nSPS) is 58.3. The molecule has 19 heteroatoms. The fourth-order valence-corrected chi connectivity index (χ4v) is 16.0. The van der Waals surface area contributed by atoms with Crippen LogP contribution in [0.1, 0.15) is 99.3 Å². The molecule has 384 valence electrons. The summed E-state index contributed by atoms with van der Waals surface area (Å²) in [4.78, 5) is 0. The molecule has 0 bridgehead atoms. The Labute approximate surface area is 391 Å². The molecule has 0 aromatic heterocycles. The van der Waals surface area contributed by atoms with Gasteiger partial charge in [-0.05, 0) is 118 Å². The maximum Gasteiger partial charge on any atom is 0.189 e. The van der Waals surface area contributed by atoms with Crippen LogP contribution in [0.4, 0.5) is 0 Å². The lowest BCUT2D eigenvalue weighted by Crippen LogP contribution is -2.63. The van der Waals surface area contributed by atoms with Crippen LogP contribution in [0.25, 0.3) is 0 Å². The van der Waals surface area contributed by atoms with E-state index in [9.17, 15) is 61.3 Å². The van der Waals surface area contributed by atoms with E-state index in [-0.39, 0.29) is 40.1 Å². The maximum absolute atomic E-state index is 12.1. The van der Waals surface area contributed by atoms with Crippen LogP contribution in [0, 0.1) is 50.7 Å². The Kier molecular flexibility index (Phi) is 13.8. The summed E-state index contributed by atoms with van der Waals surface area (Å²) in [6.45, 7) is 11.0. The van der Waals surface area contributed by atoms with Crippen molar-refractivity contribution in [2.45, 2.75) is 216 Å². The minimum atomic E-state index is -1.68. The van der Waals surface area contributed by atoms with Crippen LogP contribution < -0.4 is 0 Å². The van der Waals surface area contributed by atoms with Crippen LogP contribution in [-0.2, 0) is 33.2 Å². The second kappa shape index (κ2) is 18.2. The van der Waals surface area contributed by atoms with Gasteiger partial charge in [0, 0.05) is 11.3 Å². The molecule has 4 heterocycles. The van der Waals surface area contributed by atoms with Gasteiger partial charge in [0.15, 0.2) is 25.2 Å². The molecule has 5 aliphatic carbocycles. The second-order valence-corrected chi connectivity index (χ2v) is 23.1. The first-order chi connectivity index (χ1) is 31.5. The van der Waals surface area contributed by atoms with E-state index in [1.165, 1.54) is 6.92 Å². The zero-order valence-corrected chi connectivity index (χ0v) is 39.6. The number of ether oxygens (including phenoxy) is 7. The summed E-state index contributed by atoms with van der Waals surface area (Å²) >= 11 is 0. The highest BCUT2D eigenvalue weighted by Crippen LogP contribution is 2.89. The lowest BCUT2D eigenvalue weighted by molar-refractivity contribution is -0.343. The van der Waals surface area contributed by atoms with Gasteiger partial charge < -0.3 is 94.4 Å². The number of aliphatic hydroxyl groups is 12. The van der Waals surface area contributed by atoms with Crippen molar-refractivity contribution in [1.29, 1.82) is 0 Å². The highest BCUT2D eigenvalue weighted by Gasteiger charge is 2.83. The number of hydrogen-bond acceptors (Lipinski definition) is 19. The summed E-state index contributed by atoms with van der Waals surface area (Å²) in [5.41, 5.74) is -0.258. The van der Waals surface area contributed by atoms with Crippen molar-refractivity contribution in [3.05, 3.63) is 11.6 Å². The zero-order valence-electron chi connectivity index (χ0n) is 39.6. The lowest BCUT2D eigenvalue weighted by atomic mass is 9.41. The van der Waals surface area contributed by atoms with Gasteiger partial charge in [0.1, 0.15) is 73.2 Å². The Morgan fingerprint density at radius 2 is 1.16 bits per heavy atom. The van der Waals surface area contributed by atoms with Crippen LogP contribution in [-0.4, -0.2) is 198 Å². The molecule has 2 spiro atoms. The fraction of sp³-hybridized carbons (Fsp3) is 0.958. The highest BCUT2D eigenvalue weighted by atomic mass is 16.8. The smallest absolute Gasteiger partial charge is 0.189 e. The van der Waals surface area contributed by atoms with Crippen LogP contribution >= 0.6 is 0 Å². The molecule has 28 atom stereocenters. The SMILES string of the molecule is CC(C)=C[C@H]1O[C@@H](O[C@@H]2O[C@H](CO)[C@@H](O)[C@H](O)[C@H]2O)[C@@H]([C@H]2CC[C@@]3(C)[C@@H]4CCC5[C@@]6(CC[C@H](O[C@@H]7O[C@H](CO[C@@H]8O[C@@H](C)[C@H](O)[C@@H](O)[C@H]8O)[C@@H](O)[C@H](O)[C@H]7O)[C@]5(C)CO)C[C@@]46CC[C@]23C)[C@@H]1O. The minimum Gasteiger partial charge on any atom is -0.396 e. The number of aliphatic hydroxyl groups excluding tert-OH is 12. The molecule has 9 fully saturated rings. The Bertz CT molecular complexity index is 1800. The van der Waals surface area contributed by atoms with Gasteiger partial charge in [-0.15, -0.1) is 0 Å². The Morgan fingerprint density at radius 3 is 1.82 bits per heavy atom. The monoisotopic (exact) mass is 959 g/mol. The maximum atomic E-state index is 12.1. The highest BCUT2D eigenvalue weighted by molar-refractivity contribution is 5.31. The third-order valence-electron chi connectivity index (χ3n) is 19.9.